The van der Waals surface area contributed by atoms with Crippen LogP contribution < -0.4 is 28.4 Å². The van der Waals surface area contributed by atoms with Crippen molar-refractivity contribution in [2.75, 3.05) is 35.5 Å². The van der Waals surface area contributed by atoms with Crippen LogP contribution in [-0.4, -0.2) is 41.3 Å². The van der Waals surface area contributed by atoms with Gasteiger partial charge >= 0.3 is 0 Å². The first-order valence-corrected chi connectivity index (χ1v) is 8.31. The zero-order valence-corrected chi connectivity index (χ0v) is 16.0. The quantitative estimate of drug-likeness (QED) is 0.770. The van der Waals surface area contributed by atoms with Crippen LogP contribution >= 0.6 is 0 Å². The first-order chi connectivity index (χ1) is 13.1. The standard InChI is InChI=1S/C20H22O7/c1-22-14-7-6-11(8-16(14)23-2)18-13(21)9-12-15(27-18)10-17(24-3)20(26-5)19(12)25-4/h6-8,10,18H,9H2,1-5H3. The summed E-state index contributed by atoms with van der Waals surface area (Å²) < 4.78 is 32.8. The summed E-state index contributed by atoms with van der Waals surface area (Å²) in [7, 11) is 7.67. The van der Waals surface area contributed by atoms with E-state index in [9.17, 15) is 4.79 Å². The molecular formula is C20H22O7. The average Bonchev–Trinajstić information content (AvgIpc) is 2.71. The van der Waals surface area contributed by atoms with E-state index in [0.717, 1.165) is 0 Å². The number of carbonyl (C=O) groups excluding carboxylic acids is 1. The number of Topliss-reactive ketones (excluding diaryl/α,β-unsaturated/α-hetero) is 1. The lowest BCUT2D eigenvalue weighted by Gasteiger charge is -2.28. The van der Waals surface area contributed by atoms with Gasteiger partial charge in [-0.1, -0.05) is 6.07 Å². The Morgan fingerprint density at radius 2 is 1.48 bits per heavy atom. The van der Waals surface area contributed by atoms with Gasteiger partial charge in [0.2, 0.25) is 5.75 Å². The minimum Gasteiger partial charge on any atom is -0.493 e. The highest BCUT2D eigenvalue weighted by Crippen LogP contribution is 2.48. The number of ketones is 1. The maximum absolute atomic E-state index is 12.8. The second-order valence-corrected chi connectivity index (χ2v) is 5.88. The number of hydrogen-bond acceptors (Lipinski definition) is 7. The van der Waals surface area contributed by atoms with Crippen molar-refractivity contribution in [2.45, 2.75) is 12.5 Å². The number of fused-ring (bicyclic) bond motifs is 1. The lowest BCUT2D eigenvalue weighted by Crippen LogP contribution is -2.26. The molecule has 144 valence electrons. The summed E-state index contributed by atoms with van der Waals surface area (Å²) in [5.74, 6) is 2.86. The fraction of sp³-hybridized carbons (Fsp3) is 0.350. The molecule has 0 aromatic heterocycles. The molecule has 1 atom stereocenters. The highest BCUT2D eigenvalue weighted by Gasteiger charge is 2.34. The monoisotopic (exact) mass is 374 g/mol. The maximum atomic E-state index is 12.8. The van der Waals surface area contributed by atoms with Gasteiger partial charge in [-0.15, -0.1) is 0 Å². The van der Waals surface area contributed by atoms with Gasteiger partial charge in [0.25, 0.3) is 0 Å². The second kappa shape index (κ2) is 7.65. The molecule has 0 amide bonds. The van der Waals surface area contributed by atoms with Crippen molar-refractivity contribution < 1.29 is 33.2 Å². The van der Waals surface area contributed by atoms with Gasteiger partial charge in [0.05, 0.1) is 35.5 Å². The Balaban J connectivity index is 2.05. The summed E-state index contributed by atoms with van der Waals surface area (Å²) in [5, 5.41) is 0. The van der Waals surface area contributed by atoms with Gasteiger partial charge in [-0.25, -0.2) is 0 Å². The van der Waals surface area contributed by atoms with Crippen LogP contribution in [0, 0.1) is 0 Å². The molecule has 7 nitrogen and oxygen atoms in total. The molecule has 7 heteroatoms. The van der Waals surface area contributed by atoms with E-state index in [-0.39, 0.29) is 12.2 Å². The SMILES string of the molecule is COc1ccc(C2Oc3cc(OC)c(OC)c(OC)c3CC2=O)cc1OC. The van der Waals surface area contributed by atoms with Crippen LogP contribution in [-0.2, 0) is 11.2 Å². The van der Waals surface area contributed by atoms with Crippen LogP contribution in [0.15, 0.2) is 24.3 Å². The number of rotatable bonds is 6. The van der Waals surface area contributed by atoms with Crippen LogP contribution in [0.3, 0.4) is 0 Å². The molecule has 0 aliphatic carbocycles. The van der Waals surface area contributed by atoms with E-state index in [2.05, 4.69) is 0 Å². The van der Waals surface area contributed by atoms with Gasteiger partial charge in [-0.3, -0.25) is 4.79 Å². The van der Waals surface area contributed by atoms with Crippen molar-refractivity contribution in [1.82, 2.24) is 0 Å². The third-order valence-electron chi connectivity index (χ3n) is 4.49. The minimum atomic E-state index is -0.764. The molecular weight excluding hydrogens is 352 g/mol. The van der Waals surface area contributed by atoms with Crippen molar-refractivity contribution in [2.24, 2.45) is 0 Å². The van der Waals surface area contributed by atoms with Crippen LogP contribution in [0.2, 0.25) is 0 Å². The van der Waals surface area contributed by atoms with E-state index in [4.69, 9.17) is 28.4 Å². The Hall–Kier alpha value is -3.09. The highest BCUT2D eigenvalue weighted by atomic mass is 16.5. The summed E-state index contributed by atoms with van der Waals surface area (Å²) in [5.41, 5.74) is 1.31. The first kappa shape index (κ1) is 18.7. The van der Waals surface area contributed by atoms with Crippen molar-refractivity contribution >= 4 is 5.78 Å². The van der Waals surface area contributed by atoms with E-state index >= 15 is 0 Å². The van der Waals surface area contributed by atoms with E-state index in [0.29, 0.717) is 45.6 Å². The fourth-order valence-electron chi connectivity index (χ4n) is 3.20. The van der Waals surface area contributed by atoms with Crippen molar-refractivity contribution in [3.05, 3.63) is 35.4 Å². The van der Waals surface area contributed by atoms with Gasteiger partial charge in [0.1, 0.15) is 5.75 Å². The van der Waals surface area contributed by atoms with Crippen LogP contribution in [0.4, 0.5) is 0 Å². The van der Waals surface area contributed by atoms with Crippen LogP contribution in [0.1, 0.15) is 17.2 Å². The minimum absolute atomic E-state index is 0.0970. The number of hydrogen-bond donors (Lipinski definition) is 0. The van der Waals surface area contributed by atoms with Crippen molar-refractivity contribution in [3.63, 3.8) is 0 Å². The zero-order chi connectivity index (χ0) is 19.6. The summed E-state index contributed by atoms with van der Waals surface area (Å²) in [6.07, 6.45) is -0.613. The maximum Gasteiger partial charge on any atom is 0.203 e. The largest absolute Gasteiger partial charge is 0.493 e. The lowest BCUT2D eigenvalue weighted by atomic mass is 9.94. The van der Waals surface area contributed by atoms with E-state index in [1.165, 1.54) is 21.3 Å². The molecule has 0 radical (unpaired) electrons. The molecule has 0 saturated heterocycles. The summed E-state index contributed by atoms with van der Waals surface area (Å²) in [4.78, 5) is 12.8. The predicted octanol–water partition coefficient (Wildman–Crippen LogP) is 2.97. The van der Waals surface area contributed by atoms with E-state index < -0.39 is 6.10 Å². The molecule has 2 aromatic rings. The fourth-order valence-corrected chi connectivity index (χ4v) is 3.20. The molecule has 2 aromatic carbocycles. The Bertz CT molecular complexity index is 860. The molecule has 27 heavy (non-hydrogen) atoms. The lowest BCUT2D eigenvalue weighted by molar-refractivity contribution is -0.126. The van der Waals surface area contributed by atoms with E-state index in [1.54, 1.807) is 38.5 Å². The average molecular weight is 374 g/mol. The molecule has 1 aliphatic rings. The van der Waals surface area contributed by atoms with Crippen molar-refractivity contribution in [3.8, 4) is 34.5 Å². The summed E-state index contributed by atoms with van der Waals surface area (Å²) in [6.45, 7) is 0. The van der Waals surface area contributed by atoms with Gasteiger partial charge in [-0.2, -0.15) is 0 Å². The molecule has 0 spiro atoms. The Kier molecular flexibility index (Phi) is 5.30. The Morgan fingerprint density at radius 3 is 2.07 bits per heavy atom. The predicted molar refractivity (Wildman–Crippen MR) is 97.7 cm³/mol. The second-order valence-electron chi connectivity index (χ2n) is 5.88. The Labute approximate surface area is 157 Å². The highest BCUT2D eigenvalue weighted by molar-refractivity contribution is 5.90. The summed E-state index contributed by atoms with van der Waals surface area (Å²) >= 11 is 0. The number of methoxy groups -OCH3 is 5. The molecule has 0 saturated carbocycles. The zero-order valence-electron chi connectivity index (χ0n) is 16.0. The van der Waals surface area contributed by atoms with E-state index in [1.807, 2.05) is 0 Å². The van der Waals surface area contributed by atoms with Crippen LogP contribution in [0.25, 0.3) is 0 Å². The normalized spacial score (nSPS) is 15.4. The molecule has 0 N–H and O–H groups in total. The molecule has 3 rings (SSSR count). The molecule has 1 aliphatic heterocycles. The topological polar surface area (TPSA) is 72.5 Å². The molecule has 1 unspecified atom stereocenters. The molecule has 0 bridgehead atoms. The molecule has 0 fully saturated rings. The third-order valence-corrected chi connectivity index (χ3v) is 4.49. The Morgan fingerprint density at radius 1 is 0.815 bits per heavy atom. The van der Waals surface area contributed by atoms with Gasteiger partial charge < -0.3 is 28.4 Å². The summed E-state index contributed by atoms with van der Waals surface area (Å²) in [6, 6.07) is 6.98. The number of benzene rings is 2. The smallest absolute Gasteiger partial charge is 0.203 e. The van der Waals surface area contributed by atoms with Gasteiger partial charge in [-0.05, 0) is 12.1 Å². The number of carbonyl (C=O) groups is 1. The van der Waals surface area contributed by atoms with Gasteiger partial charge in [0.15, 0.2) is 34.9 Å². The molecule has 1 heterocycles. The number of ether oxygens (including phenoxy) is 6. The first-order valence-electron chi connectivity index (χ1n) is 8.31. The van der Waals surface area contributed by atoms with Crippen LogP contribution in [0.5, 0.6) is 34.5 Å². The third kappa shape index (κ3) is 3.20. The van der Waals surface area contributed by atoms with Gasteiger partial charge in [0, 0.05) is 23.6 Å². The van der Waals surface area contributed by atoms with Crippen molar-refractivity contribution in [1.29, 1.82) is 0 Å².